The third-order valence-electron chi connectivity index (χ3n) is 4.00. The summed E-state index contributed by atoms with van der Waals surface area (Å²) in [7, 11) is 1.65. The largest absolute Gasteiger partial charge is 0.486 e. The quantitative estimate of drug-likeness (QED) is 0.849. The summed E-state index contributed by atoms with van der Waals surface area (Å²) in [6, 6.07) is 17.3. The van der Waals surface area contributed by atoms with Crippen molar-refractivity contribution >= 4 is 5.91 Å². The molecule has 2 atom stereocenters. The molecule has 0 saturated carbocycles. The van der Waals surface area contributed by atoms with Crippen molar-refractivity contribution in [3.63, 3.8) is 0 Å². The molecule has 2 N–H and O–H groups in total. The highest BCUT2D eigenvalue weighted by atomic mass is 16.6. The predicted molar refractivity (Wildman–Crippen MR) is 92.4 cm³/mol. The fourth-order valence-electron chi connectivity index (χ4n) is 2.72. The maximum absolute atomic E-state index is 12.1. The van der Waals surface area contributed by atoms with Crippen LogP contribution in [-0.4, -0.2) is 38.3 Å². The number of nitrogens with one attached hydrogen (secondary N) is 2. The van der Waals surface area contributed by atoms with Crippen LogP contribution in [0.5, 0.6) is 11.5 Å². The molecule has 0 radical (unpaired) electrons. The van der Waals surface area contributed by atoms with Crippen LogP contribution in [0, 0.1) is 0 Å². The molecule has 1 aliphatic heterocycles. The first-order valence-corrected chi connectivity index (χ1v) is 8.13. The molecular weight excluding hydrogens is 304 g/mol. The molecule has 0 fully saturated rings. The van der Waals surface area contributed by atoms with E-state index < -0.39 is 0 Å². The van der Waals surface area contributed by atoms with Gasteiger partial charge in [-0.05, 0) is 24.1 Å². The van der Waals surface area contributed by atoms with Gasteiger partial charge < -0.3 is 20.1 Å². The highest BCUT2D eigenvalue weighted by Crippen LogP contribution is 2.30. The molecule has 0 spiro atoms. The second-order valence-corrected chi connectivity index (χ2v) is 5.76. The summed E-state index contributed by atoms with van der Waals surface area (Å²) in [5.41, 5.74) is 1.12. The lowest BCUT2D eigenvalue weighted by Gasteiger charge is -2.28. The van der Waals surface area contributed by atoms with Gasteiger partial charge in [0.1, 0.15) is 12.7 Å². The van der Waals surface area contributed by atoms with Crippen LogP contribution in [0.3, 0.4) is 0 Å². The zero-order chi connectivity index (χ0) is 16.8. The summed E-state index contributed by atoms with van der Waals surface area (Å²) in [5, 5.41) is 6.02. The molecule has 1 amide bonds. The van der Waals surface area contributed by atoms with E-state index in [-0.39, 0.29) is 18.1 Å². The van der Waals surface area contributed by atoms with Gasteiger partial charge in [-0.1, -0.05) is 42.5 Å². The summed E-state index contributed by atoms with van der Waals surface area (Å²) < 4.78 is 11.6. The topological polar surface area (TPSA) is 59.6 Å². The predicted octanol–water partition coefficient (Wildman–Crippen LogP) is 1.77. The van der Waals surface area contributed by atoms with Crippen molar-refractivity contribution in [1.82, 2.24) is 10.6 Å². The van der Waals surface area contributed by atoms with Crippen LogP contribution >= 0.6 is 0 Å². The minimum absolute atomic E-state index is 0.0315. The van der Waals surface area contributed by atoms with E-state index in [4.69, 9.17) is 9.47 Å². The van der Waals surface area contributed by atoms with Crippen LogP contribution in [0.4, 0.5) is 0 Å². The van der Waals surface area contributed by atoms with Gasteiger partial charge in [0.15, 0.2) is 11.5 Å². The number of likely N-dealkylation sites (N-methyl/N-ethyl adjacent to an activating group) is 1. The zero-order valence-corrected chi connectivity index (χ0v) is 13.7. The summed E-state index contributed by atoms with van der Waals surface area (Å²) in [6.45, 7) is 1.01. The van der Waals surface area contributed by atoms with Crippen molar-refractivity contribution in [1.29, 1.82) is 0 Å². The van der Waals surface area contributed by atoms with Crippen LogP contribution in [0.25, 0.3) is 0 Å². The van der Waals surface area contributed by atoms with Gasteiger partial charge in [-0.2, -0.15) is 0 Å². The lowest BCUT2D eigenvalue weighted by atomic mass is 10.1. The van der Waals surface area contributed by atoms with E-state index in [1.807, 2.05) is 54.6 Å². The molecule has 0 saturated heterocycles. The standard InChI is InChI=1S/C19H22N2O3/c1-20-19(22)16(11-14-7-3-2-4-8-14)21-12-15-13-23-17-9-5-6-10-18(17)24-15/h2-10,15-16,21H,11-13H2,1H3,(H,20,22). The molecule has 2 aromatic carbocycles. The number of para-hydroxylation sites is 2. The lowest BCUT2D eigenvalue weighted by molar-refractivity contribution is -0.122. The second-order valence-electron chi connectivity index (χ2n) is 5.76. The Morgan fingerprint density at radius 1 is 1.12 bits per heavy atom. The van der Waals surface area contributed by atoms with Gasteiger partial charge in [0.05, 0.1) is 6.04 Å². The van der Waals surface area contributed by atoms with Gasteiger partial charge in [0.25, 0.3) is 0 Å². The van der Waals surface area contributed by atoms with E-state index >= 15 is 0 Å². The van der Waals surface area contributed by atoms with E-state index in [0.29, 0.717) is 19.6 Å². The maximum Gasteiger partial charge on any atom is 0.237 e. The fraction of sp³-hybridized carbons (Fsp3) is 0.316. The molecule has 5 nitrogen and oxygen atoms in total. The van der Waals surface area contributed by atoms with Crippen LogP contribution in [0.1, 0.15) is 5.56 Å². The van der Waals surface area contributed by atoms with Crippen molar-refractivity contribution in [3.8, 4) is 11.5 Å². The first-order chi connectivity index (χ1) is 11.8. The molecular formula is C19H22N2O3. The molecule has 2 unspecified atom stereocenters. The van der Waals surface area contributed by atoms with E-state index in [1.165, 1.54) is 0 Å². The molecule has 5 heteroatoms. The number of ether oxygens (including phenoxy) is 2. The fourth-order valence-corrected chi connectivity index (χ4v) is 2.72. The number of hydrogen-bond donors (Lipinski definition) is 2. The highest BCUT2D eigenvalue weighted by molar-refractivity contribution is 5.81. The Balaban J connectivity index is 1.59. The molecule has 2 aromatic rings. The Morgan fingerprint density at radius 3 is 2.58 bits per heavy atom. The van der Waals surface area contributed by atoms with Crippen LogP contribution < -0.4 is 20.1 Å². The zero-order valence-electron chi connectivity index (χ0n) is 13.7. The van der Waals surface area contributed by atoms with Gasteiger partial charge in [0.2, 0.25) is 5.91 Å². The molecule has 0 aliphatic carbocycles. The smallest absolute Gasteiger partial charge is 0.237 e. The van der Waals surface area contributed by atoms with E-state index in [0.717, 1.165) is 17.1 Å². The van der Waals surface area contributed by atoms with Crippen LogP contribution in [0.2, 0.25) is 0 Å². The number of amides is 1. The minimum Gasteiger partial charge on any atom is -0.486 e. The Labute approximate surface area is 142 Å². The normalized spacial score (nSPS) is 17.1. The van der Waals surface area contributed by atoms with Gasteiger partial charge in [0, 0.05) is 13.6 Å². The highest BCUT2D eigenvalue weighted by Gasteiger charge is 2.23. The number of carbonyl (C=O) groups excluding carboxylic acids is 1. The maximum atomic E-state index is 12.1. The summed E-state index contributed by atoms with van der Waals surface area (Å²) in [6.07, 6.45) is 0.507. The first kappa shape index (κ1) is 16.3. The van der Waals surface area contributed by atoms with E-state index in [2.05, 4.69) is 10.6 Å². The van der Waals surface area contributed by atoms with Gasteiger partial charge >= 0.3 is 0 Å². The first-order valence-electron chi connectivity index (χ1n) is 8.13. The Morgan fingerprint density at radius 2 is 1.83 bits per heavy atom. The SMILES string of the molecule is CNC(=O)C(Cc1ccccc1)NCC1COc2ccccc2O1. The molecule has 1 aliphatic rings. The Kier molecular flexibility index (Phi) is 5.33. The van der Waals surface area contributed by atoms with Crippen molar-refractivity contribution in [2.24, 2.45) is 0 Å². The molecule has 24 heavy (non-hydrogen) atoms. The monoisotopic (exact) mass is 326 g/mol. The number of benzene rings is 2. The molecule has 0 bridgehead atoms. The Bertz CT molecular complexity index is 675. The van der Waals surface area contributed by atoms with E-state index in [9.17, 15) is 4.79 Å². The van der Waals surface area contributed by atoms with Gasteiger partial charge in [-0.3, -0.25) is 4.79 Å². The number of carbonyl (C=O) groups is 1. The average Bonchev–Trinajstić information content (AvgIpc) is 2.65. The lowest BCUT2D eigenvalue weighted by Crippen LogP contribution is -2.49. The minimum atomic E-state index is -0.307. The number of hydrogen-bond acceptors (Lipinski definition) is 4. The van der Waals surface area contributed by atoms with Gasteiger partial charge in [-0.25, -0.2) is 0 Å². The summed E-state index contributed by atoms with van der Waals surface area (Å²) >= 11 is 0. The summed E-state index contributed by atoms with van der Waals surface area (Å²) in [5.74, 6) is 1.48. The summed E-state index contributed by atoms with van der Waals surface area (Å²) in [4.78, 5) is 12.1. The average molecular weight is 326 g/mol. The third-order valence-corrected chi connectivity index (χ3v) is 4.00. The van der Waals surface area contributed by atoms with Crippen LogP contribution in [-0.2, 0) is 11.2 Å². The third kappa shape index (κ3) is 4.06. The molecule has 3 rings (SSSR count). The molecule has 1 heterocycles. The van der Waals surface area contributed by atoms with Crippen molar-refractivity contribution in [3.05, 3.63) is 60.2 Å². The van der Waals surface area contributed by atoms with Crippen molar-refractivity contribution in [2.75, 3.05) is 20.2 Å². The van der Waals surface area contributed by atoms with Crippen molar-refractivity contribution < 1.29 is 14.3 Å². The van der Waals surface area contributed by atoms with Gasteiger partial charge in [-0.15, -0.1) is 0 Å². The van der Waals surface area contributed by atoms with E-state index in [1.54, 1.807) is 7.05 Å². The molecule has 126 valence electrons. The second kappa shape index (κ2) is 7.84. The number of fused-ring (bicyclic) bond motifs is 1. The number of rotatable bonds is 6. The Hall–Kier alpha value is -2.53. The molecule has 0 aromatic heterocycles. The van der Waals surface area contributed by atoms with Crippen LogP contribution in [0.15, 0.2) is 54.6 Å². The van der Waals surface area contributed by atoms with Crippen molar-refractivity contribution in [2.45, 2.75) is 18.6 Å².